The van der Waals surface area contributed by atoms with E-state index in [1.165, 1.54) is 0 Å². The second kappa shape index (κ2) is 8.51. The molecule has 1 N–H and O–H groups in total. The lowest BCUT2D eigenvalue weighted by Crippen LogP contribution is -2.32. The summed E-state index contributed by atoms with van der Waals surface area (Å²) in [7, 11) is -1.49. The number of hydrogen-bond acceptors (Lipinski definition) is 3. The fourth-order valence-corrected chi connectivity index (χ4v) is 4.18. The molecule has 1 unspecified atom stereocenters. The van der Waals surface area contributed by atoms with E-state index in [9.17, 15) is 8.42 Å². The third-order valence-corrected chi connectivity index (χ3v) is 5.50. The highest BCUT2D eigenvalue weighted by Crippen LogP contribution is 2.22. The molecule has 0 heterocycles. The maximum Gasteiger partial charge on any atom is 0.243 e. The highest BCUT2D eigenvalue weighted by Gasteiger charge is 2.23. The van der Waals surface area contributed by atoms with Crippen LogP contribution in [0.25, 0.3) is 0 Å². The molecule has 4 nitrogen and oxygen atoms in total. The van der Waals surface area contributed by atoms with Crippen molar-refractivity contribution >= 4 is 10.0 Å². The Kier molecular flexibility index (Phi) is 7.35. The third kappa shape index (κ3) is 4.53. The Hall–Kier alpha value is -0.910. The van der Waals surface area contributed by atoms with Crippen molar-refractivity contribution in [1.29, 1.82) is 0 Å². The molecule has 1 atom stereocenters. The number of nitrogens with one attached hydrogen (secondary N) is 1. The lowest BCUT2D eigenvalue weighted by Gasteiger charge is -2.22. The van der Waals surface area contributed by atoms with Crippen molar-refractivity contribution in [1.82, 2.24) is 9.62 Å². The van der Waals surface area contributed by atoms with Gasteiger partial charge in [-0.3, -0.25) is 0 Å². The van der Waals surface area contributed by atoms with Gasteiger partial charge in [0.05, 0.1) is 4.90 Å². The third-order valence-electron chi connectivity index (χ3n) is 3.60. The predicted molar refractivity (Wildman–Crippen MR) is 87.9 cm³/mol. The van der Waals surface area contributed by atoms with Crippen LogP contribution in [-0.2, 0) is 10.0 Å². The van der Waals surface area contributed by atoms with Gasteiger partial charge in [0.25, 0.3) is 0 Å². The first-order valence-corrected chi connectivity index (χ1v) is 9.22. The van der Waals surface area contributed by atoms with E-state index in [4.69, 9.17) is 0 Å². The maximum atomic E-state index is 12.8. The summed E-state index contributed by atoms with van der Waals surface area (Å²) in [5, 5.41) is 3.22. The van der Waals surface area contributed by atoms with Crippen LogP contribution in [-0.4, -0.2) is 32.9 Å². The summed E-state index contributed by atoms with van der Waals surface area (Å²) in [6.07, 6.45) is 2.58. The van der Waals surface area contributed by atoms with Gasteiger partial charge >= 0.3 is 0 Å². The van der Waals surface area contributed by atoms with Crippen LogP contribution < -0.4 is 5.32 Å². The highest BCUT2D eigenvalue weighted by molar-refractivity contribution is 7.89. The van der Waals surface area contributed by atoms with Crippen molar-refractivity contribution in [2.75, 3.05) is 20.1 Å². The van der Waals surface area contributed by atoms with Gasteiger partial charge in [0.2, 0.25) is 10.0 Å². The van der Waals surface area contributed by atoms with Crippen LogP contribution in [0.3, 0.4) is 0 Å². The molecular weight excluding hydrogens is 284 g/mol. The number of nitrogens with zero attached hydrogens (tertiary/aromatic N) is 1. The van der Waals surface area contributed by atoms with Gasteiger partial charge in [-0.2, -0.15) is 4.31 Å². The lowest BCUT2D eigenvalue weighted by atomic mass is 10.1. The Bertz CT molecular complexity index is 519. The summed E-state index contributed by atoms with van der Waals surface area (Å²) >= 11 is 0. The SMILES string of the molecule is CCCN(CCC)S(=O)(=O)c1cccc(C(CC)NC)c1. The molecular formula is C16H28N2O2S. The Labute approximate surface area is 129 Å². The molecule has 0 amide bonds. The number of benzene rings is 1. The standard InChI is InChI=1S/C16H28N2O2S/c1-5-11-18(12-6-2)21(19,20)15-10-8-9-14(13-15)16(7-3)17-4/h8-10,13,16-17H,5-7,11-12H2,1-4H3. The van der Waals surface area contributed by atoms with Crippen molar-refractivity contribution in [3.8, 4) is 0 Å². The normalized spacial score (nSPS) is 13.6. The zero-order valence-electron chi connectivity index (χ0n) is 13.6. The molecule has 0 saturated heterocycles. The molecule has 0 aliphatic rings. The first-order chi connectivity index (χ1) is 10.0. The molecule has 21 heavy (non-hydrogen) atoms. The van der Waals surface area contributed by atoms with E-state index in [0.29, 0.717) is 18.0 Å². The molecule has 1 aromatic rings. The second-order valence-corrected chi connectivity index (χ2v) is 7.16. The van der Waals surface area contributed by atoms with Crippen LogP contribution in [0.1, 0.15) is 51.6 Å². The molecule has 0 fully saturated rings. The van der Waals surface area contributed by atoms with Gasteiger partial charge in [0, 0.05) is 19.1 Å². The van der Waals surface area contributed by atoms with E-state index in [2.05, 4.69) is 12.2 Å². The van der Waals surface area contributed by atoms with Crippen LogP contribution in [0.5, 0.6) is 0 Å². The molecule has 0 aliphatic heterocycles. The first-order valence-electron chi connectivity index (χ1n) is 7.78. The van der Waals surface area contributed by atoms with Crippen molar-refractivity contribution in [3.05, 3.63) is 29.8 Å². The molecule has 1 rings (SSSR count). The summed E-state index contributed by atoms with van der Waals surface area (Å²) in [6.45, 7) is 7.24. The summed E-state index contributed by atoms with van der Waals surface area (Å²) in [4.78, 5) is 0.399. The number of hydrogen-bond donors (Lipinski definition) is 1. The minimum atomic E-state index is -3.39. The smallest absolute Gasteiger partial charge is 0.243 e. The average molecular weight is 312 g/mol. The molecule has 0 aliphatic carbocycles. The van der Waals surface area contributed by atoms with Crippen molar-refractivity contribution in [2.24, 2.45) is 0 Å². The molecule has 1 aromatic carbocycles. The molecule has 0 saturated carbocycles. The van der Waals surface area contributed by atoms with Crippen LogP contribution in [0, 0.1) is 0 Å². The fourth-order valence-electron chi connectivity index (χ4n) is 2.50. The fraction of sp³-hybridized carbons (Fsp3) is 0.625. The minimum Gasteiger partial charge on any atom is -0.313 e. The van der Waals surface area contributed by atoms with E-state index in [1.54, 1.807) is 16.4 Å². The number of rotatable bonds is 9. The van der Waals surface area contributed by atoms with E-state index in [0.717, 1.165) is 24.8 Å². The summed E-state index contributed by atoms with van der Waals surface area (Å²) in [6, 6.07) is 7.50. The molecule has 0 spiro atoms. The molecule has 0 aromatic heterocycles. The van der Waals surface area contributed by atoms with E-state index >= 15 is 0 Å². The van der Waals surface area contributed by atoms with Crippen molar-refractivity contribution in [2.45, 2.75) is 51.0 Å². The van der Waals surface area contributed by atoms with Crippen LogP contribution in [0.4, 0.5) is 0 Å². The van der Waals surface area contributed by atoms with Gasteiger partial charge in [-0.15, -0.1) is 0 Å². The molecule has 120 valence electrons. The lowest BCUT2D eigenvalue weighted by molar-refractivity contribution is 0.410. The summed E-state index contributed by atoms with van der Waals surface area (Å²) < 4.78 is 27.1. The number of sulfonamides is 1. The molecule has 0 bridgehead atoms. The Balaban J connectivity index is 3.15. The van der Waals surface area contributed by atoms with Crippen molar-refractivity contribution < 1.29 is 8.42 Å². The molecule has 0 radical (unpaired) electrons. The van der Waals surface area contributed by atoms with E-state index in [-0.39, 0.29) is 6.04 Å². The second-order valence-electron chi connectivity index (χ2n) is 5.23. The Morgan fingerprint density at radius 3 is 2.24 bits per heavy atom. The quantitative estimate of drug-likeness (QED) is 0.762. The monoisotopic (exact) mass is 312 g/mol. The van der Waals surface area contributed by atoms with Crippen LogP contribution in [0.15, 0.2) is 29.2 Å². The summed E-state index contributed by atoms with van der Waals surface area (Å²) in [5.41, 5.74) is 1.02. The topological polar surface area (TPSA) is 49.4 Å². The van der Waals surface area contributed by atoms with Gasteiger partial charge in [-0.05, 0) is 44.0 Å². The van der Waals surface area contributed by atoms with E-state index < -0.39 is 10.0 Å². The minimum absolute atomic E-state index is 0.186. The van der Waals surface area contributed by atoms with Crippen LogP contribution in [0.2, 0.25) is 0 Å². The Morgan fingerprint density at radius 1 is 1.14 bits per heavy atom. The van der Waals surface area contributed by atoms with Crippen molar-refractivity contribution in [3.63, 3.8) is 0 Å². The van der Waals surface area contributed by atoms with Gasteiger partial charge in [-0.1, -0.05) is 32.9 Å². The van der Waals surface area contributed by atoms with E-state index in [1.807, 2.05) is 33.0 Å². The first kappa shape index (κ1) is 18.1. The molecule has 5 heteroatoms. The largest absolute Gasteiger partial charge is 0.313 e. The maximum absolute atomic E-state index is 12.8. The Morgan fingerprint density at radius 2 is 1.76 bits per heavy atom. The zero-order chi connectivity index (χ0) is 15.9. The summed E-state index contributed by atoms with van der Waals surface area (Å²) in [5.74, 6) is 0. The van der Waals surface area contributed by atoms with Crippen LogP contribution >= 0.6 is 0 Å². The van der Waals surface area contributed by atoms with Gasteiger partial charge in [0.15, 0.2) is 0 Å². The van der Waals surface area contributed by atoms with Gasteiger partial charge in [0.1, 0.15) is 0 Å². The predicted octanol–water partition coefficient (Wildman–Crippen LogP) is 3.17. The average Bonchev–Trinajstić information content (AvgIpc) is 2.48. The highest BCUT2D eigenvalue weighted by atomic mass is 32.2. The zero-order valence-corrected chi connectivity index (χ0v) is 14.4. The van der Waals surface area contributed by atoms with Gasteiger partial charge in [-0.25, -0.2) is 8.42 Å². The van der Waals surface area contributed by atoms with Gasteiger partial charge < -0.3 is 5.32 Å².